The van der Waals surface area contributed by atoms with Gasteiger partial charge < -0.3 is 5.32 Å². The lowest BCUT2D eigenvalue weighted by atomic mass is 9.99. The molecule has 0 spiro atoms. The summed E-state index contributed by atoms with van der Waals surface area (Å²) in [4.78, 5) is 0. The summed E-state index contributed by atoms with van der Waals surface area (Å²) in [5, 5.41) is 4.91. The Hall–Kier alpha value is 0.110. The first-order valence-corrected chi connectivity index (χ1v) is 7.43. The van der Waals surface area contributed by atoms with Crippen LogP contribution < -0.4 is 5.32 Å². The van der Waals surface area contributed by atoms with E-state index in [9.17, 15) is 0 Å². The Morgan fingerprint density at radius 3 is 3.00 bits per heavy atom. The van der Waals surface area contributed by atoms with Crippen LogP contribution in [0, 0.1) is 0 Å². The molecule has 0 fully saturated rings. The molecule has 1 N–H and O–H groups in total. The van der Waals surface area contributed by atoms with E-state index in [1.54, 1.807) is 0 Å². The molecule has 1 unspecified atom stereocenters. The average Bonchev–Trinajstić information content (AvgIpc) is 2.48. The van der Waals surface area contributed by atoms with Gasteiger partial charge in [0.2, 0.25) is 0 Å². The van der Waals surface area contributed by atoms with Crippen molar-refractivity contribution >= 4 is 35.0 Å². The van der Waals surface area contributed by atoms with Crippen LogP contribution in [-0.2, 0) is 5.75 Å². The predicted octanol–water partition coefficient (Wildman–Crippen LogP) is 4.28. The largest absolute Gasteiger partial charge is 0.310 e. The summed E-state index contributed by atoms with van der Waals surface area (Å²) in [5.41, 5.74) is 2.53. The van der Waals surface area contributed by atoms with E-state index in [1.165, 1.54) is 16.9 Å². The van der Waals surface area contributed by atoms with Gasteiger partial charge in [0, 0.05) is 11.8 Å². The monoisotopic (exact) mass is 275 g/mol. The van der Waals surface area contributed by atoms with E-state index in [2.05, 4.69) is 18.3 Å². The quantitative estimate of drug-likeness (QED) is 0.865. The molecular formula is C12H15Cl2NS. The third kappa shape index (κ3) is 2.51. The van der Waals surface area contributed by atoms with Crippen molar-refractivity contribution in [3.8, 4) is 0 Å². The van der Waals surface area contributed by atoms with Gasteiger partial charge in [-0.25, -0.2) is 0 Å². The molecular weight excluding hydrogens is 261 g/mol. The second-order valence-electron chi connectivity index (χ2n) is 3.88. The molecule has 1 aliphatic rings. The molecule has 0 aliphatic carbocycles. The van der Waals surface area contributed by atoms with Crippen LogP contribution in [0.2, 0.25) is 10.0 Å². The summed E-state index contributed by atoms with van der Waals surface area (Å²) in [6, 6.07) is 4.44. The standard InChI is InChI=1S/C12H15Cl2NS/c1-2-15-11-5-6-16-7-9-8(11)3-4-10(13)12(9)14/h3-4,11,15H,2,5-7H2,1H3. The molecule has 0 saturated heterocycles. The minimum absolute atomic E-state index is 0.421. The van der Waals surface area contributed by atoms with Crippen molar-refractivity contribution in [1.82, 2.24) is 5.32 Å². The summed E-state index contributed by atoms with van der Waals surface area (Å²) in [6.07, 6.45) is 1.16. The van der Waals surface area contributed by atoms with Crippen LogP contribution >= 0.6 is 35.0 Å². The number of fused-ring (bicyclic) bond motifs is 1. The van der Waals surface area contributed by atoms with Gasteiger partial charge in [0.05, 0.1) is 10.0 Å². The summed E-state index contributed by atoms with van der Waals surface area (Å²) >= 11 is 14.3. The van der Waals surface area contributed by atoms with Gasteiger partial charge in [-0.05, 0) is 35.9 Å². The zero-order valence-electron chi connectivity index (χ0n) is 9.22. The molecule has 0 amide bonds. The van der Waals surface area contributed by atoms with Gasteiger partial charge in [0.1, 0.15) is 0 Å². The molecule has 0 bridgehead atoms. The number of rotatable bonds is 2. The number of benzene rings is 1. The van der Waals surface area contributed by atoms with Crippen LogP contribution in [-0.4, -0.2) is 12.3 Å². The van der Waals surface area contributed by atoms with Gasteiger partial charge in [-0.3, -0.25) is 0 Å². The minimum Gasteiger partial charge on any atom is -0.310 e. The molecule has 1 nitrogen and oxygen atoms in total. The maximum atomic E-state index is 6.28. The van der Waals surface area contributed by atoms with Gasteiger partial charge in [-0.15, -0.1) is 0 Å². The van der Waals surface area contributed by atoms with Crippen LogP contribution in [0.4, 0.5) is 0 Å². The van der Waals surface area contributed by atoms with Crippen molar-refractivity contribution in [2.24, 2.45) is 0 Å². The lowest BCUT2D eigenvalue weighted by molar-refractivity contribution is 0.541. The maximum absolute atomic E-state index is 6.28. The Balaban J connectivity index is 2.42. The zero-order chi connectivity index (χ0) is 11.5. The maximum Gasteiger partial charge on any atom is 0.0636 e. The summed E-state index contributed by atoms with van der Waals surface area (Å²) < 4.78 is 0. The van der Waals surface area contributed by atoms with Crippen molar-refractivity contribution in [3.05, 3.63) is 33.3 Å². The second-order valence-corrected chi connectivity index (χ2v) is 5.77. The Morgan fingerprint density at radius 1 is 1.44 bits per heavy atom. The molecule has 0 saturated carbocycles. The van der Waals surface area contributed by atoms with Gasteiger partial charge in [0.15, 0.2) is 0 Å². The Labute approximate surface area is 111 Å². The number of thioether (sulfide) groups is 1. The van der Waals surface area contributed by atoms with E-state index in [0.717, 1.165) is 23.7 Å². The Kier molecular flexibility index (Phi) is 4.42. The number of halogens is 2. The fraction of sp³-hybridized carbons (Fsp3) is 0.500. The van der Waals surface area contributed by atoms with E-state index in [0.29, 0.717) is 11.1 Å². The molecule has 16 heavy (non-hydrogen) atoms. The molecule has 0 aromatic heterocycles. The first-order valence-electron chi connectivity index (χ1n) is 5.52. The number of hydrogen-bond acceptors (Lipinski definition) is 2. The zero-order valence-corrected chi connectivity index (χ0v) is 11.6. The van der Waals surface area contributed by atoms with Crippen LogP contribution in [0.1, 0.15) is 30.5 Å². The summed E-state index contributed by atoms with van der Waals surface area (Å²) in [5.74, 6) is 2.14. The molecule has 1 heterocycles. The second kappa shape index (κ2) is 5.63. The Morgan fingerprint density at radius 2 is 2.25 bits per heavy atom. The van der Waals surface area contributed by atoms with Gasteiger partial charge in [-0.1, -0.05) is 36.2 Å². The number of hydrogen-bond donors (Lipinski definition) is 1. The first-order chi connectivity index (χ1) is 7.74. The van der Waals surface area contributed by atoms with Crippen molar-refractivity contribution < 1.29 is 0 Å². The molecule has 1 aromatic carbocycles. The highest BCUT2D eigenvalue weighted by Gasteiger charge is 2.20. The molecule has 1 atom stereocenters. The smallest absolute Gasteiger partial charge is 0.0636 e. The third-order valence-corrected chi connectivity index (χ3v) is 4.72. The molecule has 0 radical (unpaired) electrons. The van der Waals surface area contributed by atoms with Crippen molar-refractivity contribution in [2.45, 2.75) is 25.1 Å². The van der Waals surface area contributed by atoms with Crippen LogP contribution in [0.15, 0.2) is 12.1 Å². The summed E-state index contributed by atoms with van der Waals surface area (Å²) in [7, 11) is 0. The van der Waals surface area contributed by atoms with Crippen molar-refractivity contribution in [1.29, 1.82) is 0 Å². The lowest BCUT2D eigenvalue weighted by Gasteiger charge is -2.19. The molecule has 4 heteroatoms. The van der Waals surface area contributed by atoms with Crippen molar-refractivity contribution in [3.63, 3.8) is 0 Å². The predicted molar refractivity (Wildman–Crippen MR) is 73.7 cm³/mol. The summed E-state index contributed by atoms with van der Waals surface area (Å²) in [6.45, 7) is 3.12. The van der Waals surface area contributed by atoms with Crippen LogP contribution in [0.25, 0.3) is 0 Å². The highest BCUT2D eigenvalue weighted by atomic mass is 35.5. The highest BCUT2D eigenvalue weighted by Crippen LogP contribution is 2.37. The van der Waals surface area contributed by atoms with Crippen LogP contribution in [0.3, 0.4) is 0 Å². The molecule has 1 aromatic rings. The highest BCUT2D eigenvalue weighted by molar-refractivity contribution is 7.98. The van der Waals surface area contributed by atoms with E-state index in [1.807, 2.05) is 17.8 Å². The molecule has 2 rings (SSSR count). The van der Waals surface area contributed by atoms with Crippen LogP contribution in [0.5, 0.6) is 0 Å². The topological polar surface area (TPSA) is 12.0 Å². The van der Waals surface area contributed by atoms with E-state index >= 15 is 0 Å². The Bertz CT molecular complexity index is 382. The van der Waals surface area contributed by atoms with E-state index < -0.39 is 0 Å². The first kappa shape index (κ1) is 12.6. The lowest BCUT2D eigenvalue weighted by Crippen LogP contribution is -2.21. The minimum atomic E-state index is 0.421. The SMILES string of the molecule is CCNC1CCSCc2c1ccc(Cl)c2Cl. The normalized spacial score (nSPS) is 20.3. The third-order valence-electron chi connectivity index (χ3n) is 2.86. The fourth-order valence-electron chi connectivity index (χ4n) is 2.07. The fourth-order valence-corrected chi connectivity index (χ4v) is 3.63. The van der Waals surface area contributed by atoms with Gasteiger partial charge in [0.25, 0.3) is 0 Å². The molecule has 88 valence electrons. The van der Waals surface area contributed by atoms with Crippen molar-refractivity contribution in [2.75, 3.05) is 12.3 Å². The van der Waals surface area contributed by atoms with E-state index in [4.69, 9.17) is 23.2 Å². The molecule has 1 aliphatic heterocycles. The van der Waals surface area contributed by atoms with Gasteiger partial charge in [-0.2, -0.15) is 11.8 Å². The van der Waals surface area contributed by atoms with E-state index in [-0.39, 0.29) is 0 Å². The average molecular weight is 276 g/mol. The van der Waals surface area contributed by atoms with Gasteiger partial charge >= 0.3 is 0 Å². The number of nitrogens with one attached hydrogen (secondary N) is 1.